The van der Waals surface area contributed by atoms with Gasteiger partial charge in [-0.1, -0.05) is 18.2 Å². The van der Waals surface area contributed by atoms with Crippen LogP contribution in [0.25, 0.3) is 0 Å². The van der Waals surface area contributed by atoms with Crippen LogP contribution >= 0.6 is 0 Å². The smallest absolute Gasteiger partial charge is 0.207 e. The molecular formula is C14H22N2O. The van der Waals surface area contributed by atoms with Crippen LogP contribution in [0.5, 0.6) is 0 Å². The zero-order valence-electron chi connectivity index (χ0n) is 11.0. The Bertz CT molecular complexity index is 363. The van der Waals surface area contributed by atoms with E-state index in [1.807, 2.05) is 0 Å². The van der Waals surface area contributed by atoms with Crippen LogP contribution < -0.4 is 5.32 Å². The summed E-state index contributed by atoms with van der Waals surface area (Å²) in [5.74, 6) is 0. The molecule has 3 heteroatoms. The molecule has 0 unspecified atom stereocenters. The molecule has 0 aliphatic heterocycles. The second-order valence-corrected chi connectivity index (χ2v) is 4.48. The largest absolute Gasteiger partial charge is 0.357 e. The quantitative estimate of drug-likeness (QED) is 0.573. The Morgan fingerprint density at radius 2 is 2.06 bits per heavy atom. The molecular weight excluding hydrogens is 212 g/mol. The highest BCUT2D eigenvalue weighted by molar-refractivity contribution is 5.45. The van der Waals surface area contributed by atoms with Gasteiger partial charge in [-0.3, -0.25) is 4.79 Å². The molecule has 1 aromatic carbocycles. The van der Waals surface area contributed by atoms with Gasteiger partial charge in [0.1, 0.15) is 0 Å². The molecule has 0 fully saturated rings. The molecule has 1 aromatic rings. The zero-order chi connectivity index (χ0) is 12.7. The summed E-state index contributed by atoms with van der Waals surface area (Å²) < 4.78 is 0. The van der Waals surface area contributed by atoms with Crippen molar-refractivity contribution in [3.05, 3.63) is 34.9 Å². The summed E-state index contributed by atoms with van der Waals surface area (Å²) in [6, 6.07) is 6.46. The Labute approximate surface area is 104 Å². The van der Waals surface area contributed by atoms with Gasteiger partial charge in [-0.25, -0.2) is 0 Å². The molecule has 94 valence electrons. The second-order valence-electron chi connectivity index (χ2n) is 4.48. The van der Waals surface area contributed by atoms with E-state index in [4.69, 9.17) is 0 Å². The number of nitrogens with zero attached hydrogens (tertiary/aromatic N) is 1. The first-order valence-corrected chi connectivity index (χ1v) is 6.06. The van der Waals surface area contributed by atoms with Gasteiger partial charge < -0.3 is 10.2 Å². The van der Waals surface area contributed by atoms with E-state index in [1.165, 1.54) is 16.7 Å². The van der Waals surface area contributed by atoms with E-state index in [1.54, 1.807) is 0 Å². The molecule has 0 bridgehead atoms. The van der Waals surface area contributed by atoms with Crippen LogP contribution in [0.4, 0.5) is 0 Å². The van der Waals surface area contributed by atoms with Crippen LogP contribution in [0.2, 0.25) is 0 Å². The van der Waals surface area contributed by atoms with Crippen LogP contribution in [-0.4, -0.2) is 38.0 Å². The lowest BCUT2D eigenvalue weighted by Crippen LogP contribution is -2.30. The van der Waals surface area contributed by atoms with Crippen molar-refractivity contribution in [3.63, 3.8) is 0 Å². The van der Waals surface area contributed by atoms with Gasteiger partial charge >= 0.3 is 0 Å². The van der Waals surface area contributed by atoms with Crippen molar-refractivity contribution < 1.29 is 4.79 Å². The maximum absolute atomic E-state index is 10.1. The maximum atomic E-state index is 10.1. The van der Waals surface area contributed by atoms with Gasteiger partial charge in [0.05, 0.1) is 0 Å². The first kappa shape index (κ1) is 13.7. The van der Waals surface area contributed by atoms with Crippen LogP contribution in [0, 0.1) is 13.8 Å². The van der Waals surface area contributed by atoms with Crippen LogP contribution in [0.15, 0.2) is 18.2 Å². The summed E-state index contributed by atoms with van der Waals surface area (Å²) in [5, 5.41) is 2.68. The van der Waals surface area contributed by atoms with E-state index in [0.29, 0.717) is 6.54 Å². The van der Waals surface area contributed by atoms with Gasteiger partial charge in [0.15, 0.2) is 0 Å². The number of rotatable bonds is 7. The standard InChI is InChI=1S/C14H22N2O/c1-12-5-4-6-14(13(12)2)7-9-16(3)10-8-15-11-17/h4-6,11H,7-10H2,1-3H3,(H,15,17). The number of carbonyl (C=O) groups excluding carboxylic acids is 1. The van der Waals surface area contributed by atoms with Gasteiger partial charge in [-0.2, -0.15) is 0 Å². The molecule has 0 aliphatic carbocycles. The fourth-order valence-corrected chi connectivity index (χ4v) is 1.82. The van der Waals surface area contributed by atoms with Gasteiger partial charge in [0.25, 0.3) is 0 Å². The van der Waals surface area contributed by atoms with Crippen LogP contribution in [0.3, 0.4) is 0 Å². The van der Waals surface area contributed by atoms with Gasteiger partial charge in [0.2, 0.25) is 6.41 Å². The molecule has 0 aliphatic rings. The first-order valence-electron chi connectivity index (χ1n) is 6.06. The Morgan fingerprint density at radius 3 is 2.76 bits per heavy atom. The lowest BCUT2D eigenvalue weighted by molar-refractivity contribution is -0.109. The number of hydrogen-bond acceptors (Lipinski definition) is 2. The third-order valence-corrected chi connectivity index (χ3v) is 3.20. The number of benzene rings is 1. The molecule has 3 nitrogen and oxygen atoms in total. The van der Waals surface area contributed by atoms with Crippen molar-refractivity contribution >= 4 is 6.41 Å². The van der Waals surface area contributed by atoms with E-state index in [-0.39, 0.29) is 0 Å². The summed E-state index contributed by atoms with van der Waals surface area (Å²) in [6.07, 6.45) is 1.81. The van der Waals surface area contributed by atoms with E-state index in [9.17, 15) is 4.79 Å². The van der Waals surface area contributed by atoms with Crippen molar-refractivity contribution in [2.45, 2.75) is 20.3 Å². The Morgan fingerprint density at radius 1 is 1.29 bits per heavy atom. The minimum absolute atomic E-state index is 0.715. The molecule has 17 heavy (non-hydrogen) atoms. The lowest BCUT2D eigenvalue weighted by atomic mass is 10.0. The van der Waals surface area contributed by atoms with E-state index in [0.717, 1.165) is 25.9 Å². The van der Waals surface area contributed by atoms with Crippen molar-refractivity contribution in [1.82, 2.24) is 10.2 Å². The molecule has 0 aromatic heterocycles. The van der Waals surface area contributed by atoms with Crippen molar-refractivity contribution in [3.8, 4) is 0 Å². The number of nitrogens with one attached hydrogen (secondary N) is 1. The SMILES string of the molecule is Cc1cccc(CCN(C)CCNC=O)c1C. The summed E-state index contributed by atoms with van der Waals surface area (Å²) in [7, 11) is 2.08. The summed E-state index contributed by atoms with van der Waals surface area (Å²) in [4.78, 5) is 12.4. The minimum Gasteiger partial charge on any atom is -0.357 e. The fourth-order valence-electron chi connectivity index (χ4n) is 1.82. The van der Waals surface area contributed by atoms with E-state index < -0.39 is 0 Å². The summed E-state index contributed by atoms with van der Waals surface area (Å²) >= 11 is 0. The third kappa shape index (κ3) is 4.57. The molecule has 0 saturated heterocycles. The third-order valence-electron chi connectivity index (χ3n) is 3.20. The van der Waals surface area contributed by atoms with Crippen molar-refractivity contribution in [2.24, 2.45) is 0 Å². The predicted molar refractivity (Wildman–Crippen MR) is 71.2 cm³/mol. The second kappa shape index (κ2) is 7.07. The van der Waals surface area contributed by atoms with Gasteiger partial charge in [-0.05, 0) is 44.0 Å². The number of likely N-dealkylation sites (N-methyl/N-ethyl adjacent to an activating group) is 1. The molecule has 0 atom stereocenters. The molecule has 1 amide bonds. The van der Waals surface area contributed by atoms with Gasteiger partial charge in [-0.15, -0.1) is 0 Å². The van der Waals surface area contributed by atoms with Crippen molar-refractivity contribution in [1.29, 1.82) is 0 Å². The highest BCUT2D eigenvalue weighted by atomic mass is 16.1. The average molecular weight is 234 g/mol. The summed E-state index contributed by atoms with van der Waals surface area (Å²) in [6.45, 7) is 6.95. The molecule has 0 radical (unpaired) electrons. The Balaban J connectivity index is 2.39. The fraction of sp³-hybridized carbons (Fsp3) is 0.500. The lowest BCUT2D eigenvalue weighted by Gasteiger charge is -2.17. The Kier molecular flexibility index (Phi) is 5.70. The number of hydrogen-bond donors (Lipinski definition) is 1. The first-order chi connectivity index (χ1) is 8.15. The minimum atomic E-state index is 0.715. The maximum Gasteiger partial charge on any atom is 0.207 e. The van der Waals surface area contributed by atoms with Crippen LogP contribution in [0.1, 0.15) is 16.7 Å². The molecule has 0 saturated carbocycles. The van der Waals surface area contributed by atoms with E-state index >= 15 is 0 Å². The molecule has 0 heterocycles. The highest BCUT2D eigenvalue weighted by Gasteiger charge is 2.03. The monoisotopic (exact) mass is 234 g/mol. The molecule has 1 rings (SSSR count). The average Bonchev–Trinajstić information content (AvgIpc) is 2.31. The summed E-state index contributed by atoms with van der Waals surface area (Å²) in [5.41, 5.74) is 4.17. The van der Waals surface area contributed by atoms with Crippen LogP contribution in [-0.2, 0) is 11.2 Å². The highest BCUT2D eigenvalue weighted by Crippen LogP contribution is 2.13. The van der Waals surface area contributed by atoms with Crippen molar-refractivity contribution in [2.75, 3.05) is 26.7 Å². The predicted octanol–water partition coefficient (Wildman–Crippen LogP) is 1.52. The number of carbonyl (C=O) groups is 1. The zero-order valence-corrected chi connectivity index (χ0v) is 11.0. The topological polar surface area (TPSA) is 32.3 Å². The number of aryl methyl sites for hydroxylation is 1. The normalized spacial score (nSPS) is 10.6. The molecule has 0 spiro atoms. The van der Waals surface area contributed by atoms with Gasteiger partial charge in [0, 0.05) is 19.6 Å². The molecule has 1 N–H and O–H groups in total. The van der Waals surface area contributed by atoms with E-state index in [2.05, 4.69) is 49.3 Å². The number of amides is 1. The Hall–Kier alpha value is -1.35.